The molecule has 67 heavy (non-hydrogen) atoms. The molecule has 6 nitrogen and oxygen atoms in total. The lowest BCUT2D eigenvalue weighted by molar-refractivity contribution is -0.167. The first-order valence-corrected chi connectivity index (χ1v) is 28.1. The molecule has 0 fully saturated rings. The average molecular weight is 933 g/mol. The average Bonchev–Trinajstić information content (AvgIpc) is 3.33. The molecule has 0 aliphatic carbocycles. The Morgan fingerprint density at radius 1 is 0.299 bits per heavy atom. The van der Waals surface area contributed by atoms with Crippen molar-refractivity contribution in [1.82, 2.24) is 0 Å². The van der Waals surface area contributed by atoms with Crippen LogP contribution >= 0.6 is 0 Å². The van der Waals surface area contributed by atoms with Gasteiger partial charge in [0.1, 0.15) is 13.2 Å². The summed E-state index contributed by atoms with van der Waals surface area (Å²) in [6.07, 6.45) is 71.4. The Labute approximate surface area is 414 Å². The van der Waals surface area contributed by atoms with Crippen LogP contribution in [0.25, 0.3) is 0 Å². The highest BCUT2D eigenvalue weighted by molar-refractivity contribution is 5.71. The zero-order valence-electron chi connectivity index (χ0n) is 43.9. The van der Waals surface area contributed by atoms with E-state index in [1.807, 2.05) is 0 Å². The summed E-state index contributed by atoms with van der Waals surface area (Å²) in [5.41, 5.74) is 0. The summed E-state index contributed by atoms with van der Waals surface area (Å²) >= 11 is 0. The SMILES string of the molecule is CCCCCC=CCC=CCC=CCC=CCCCC(=O)OC[C@@H](COC(=O)CCCCCCCC=CCC=CCCCCC)OC(=O)CCCCCCCCCC=CCCCCCCCC. The number of ether oxygens (including phenoxy) is 3. The molecule has 0 unspecified atom stereocenters. The van der Waals surface area contributed by atoms with Crippen molar-refractivity contribution >= 4 is 17.9 Å². The molecule has 6 heteroatoms. The second kappa shape index (κ2) is 55.2. The predicted octanol–water partition coefficient (Wildman–Crippen LogP) is 18.8. The van der Waals surface area contributed by atoms with Crippen LogP contribution in [0.3, 0.4) is 0 Å². The molecule has 0 aromatic heterocycles. The quantitative estimate of drug-likeness (QED) is 0.0262. The summed E-state index contributed by atoms with van der Waals surface area (Å²) in [6, 6.07) is 0. The molecule has 0 aromatic rings. The van der Waals surface area contributed by atoms with Crippen molar-refractivity contribution in [3.63, 3.8) is 0 Å². The minimum Gasteiger partial charge on any atom is -0.462 e. The summed E-state index contributed by atoms with van der Waals surface area (Å²) in [5, 5.41) is 0. The van der Waals surface area contributed by atoms with Gasteiger partial charge in [-0.3, -0.25) is 14.4 Å². The van der Waals surface area contributed by atoms with Crippen LogP contribution in [0.15, 0.2) is 85.1 Å². The van der Waals surface area contributed by atoms with Crippen LogP contribution in [-0.4, -0.2) is 37.2 Å². The van der Waals surface area contributed by atoms with Gasteiger partial charge >= 0.3 is 17.9 Å². The van der Waals surface area contributed by atoms with Crippen molar-refractivity contribution < 1.29 is 28.6 Å². The zero-order chi connectivity index (χ0) is 48.6. The van der Waals surface area contributed by atoms with E-state index in [4.69, 9.17) is 14.2 Å². The highest BCUT2D eigenvalue weighted by atomic mass is 16.6. The Kier molecular flexibility index (Phi) is 52.4. The lowest BCUT2D eigenvalue weighted by Gasteiger charge is -2.18. The van der Waals surface area contributed by atoms with Gasteiger partial charge in [-0.25, -0.2) is 0 Å². The Hall–Kier alpha value is -3.41. The maximum absolute atomic E-state index is 12.8. The van der Waals surface area contributed by atoms with Gasteiger partial charge in [0.25, 0.3) is 0 Å². The van der Waals surface area contributed by atoms with Crippen molar-refractivity contribution in [3.05, 3.63) is 85.1 Å². The van der Waals surface area contributed by atoms with Crippen LogP contribution in [0.1, 0.15) is 265 Å². The van der Waals surface area contributed by atoms with Gasteiger partial charge in [0.2, 0.25) is 0 Å². The van der Waals surface area contributed by atoms with Gasteiger partial charge in [0, 0.05) is 19.3 Å². The molecule has 1 atom stereocenters. The smallest absolute Gasteiger partial charge is 0.306 e. The Morgan fingerprint density at radius 3 is 0.940 bits per heavy atom. The summed E-state index contributed by atoms with van der Waals surface area (Å²) in [6.45, 7) is 6.53. The molecular weight excluding hydrogens is 829 g/mol. The van der Waals surface area contributed by atoms with Crippen molar-refractivity contribution in [2.75, 3.05) is 13.2 Å². The summed E-state index contributed by atoms with van der Waals surface area (Å²) in [4.78, 5) is 38.1. The Balaban J connectivity index is 4.50. The molecule has 0 amide bonds. The molecule has 0 aromatic carbocycles. The molecule has 384 valence electrons. The van der Waals surface area contributed by atoms with Crippen LogP contribution in [0, 0.1) is 0 Å². The fraction of sp³-hybridized carbons (Fsp3) is 0.721. The second-order valence-corrected chi connectivity index (χ2v) is 18.5. The number of rotatable bonds is 50. The largest absolute Gasteiger partial charge is 0.462 e. The summed E-state index contributed by atoms with van der Waals surface area (Å²) in [5.74, 6) is -0.974. The molecule has 0 rings (SSSR count). The van der Waals surface area contributed by atoms with E-state index in [0.29, 0.717) is 19.3 Å². The molecule has 0 radical (unpaired) electrons. The topological polar surface area (TPSA) is 78.9 Å². The third-order valence-electron chi connectivity index (χ3n) is 11.8. The van der Waals surface area contributed by atoms with E-state index in [0.717, 1.165) is 89.9 Å². The summed E-state index contributed by atoms with van der Waals surface area (Å²) in [7, 11) is 0. The van der Waals surface area contributed by atoms with Gasteiger partial charge in [-0.2, -0.15) is 0 Å². The number of hydrogen-bond donors (Lipinski definition) is 0. The van der Waals surface area contributed by atoms with E-state index in [1.54, 1.807) is 0 Å². The predicted molar refractivity (Wildman–Crippen MR) is 288 cm³/mol. The maximum atomic E-state index is 12.8. The van der Waals surface area contributed by atoms with Gasteiger partial charge < -0.3 is 14.2 Å². The molecule has 0 spiro atoms. The van der Waals surface area contributed by atoms with Gasteiger partial charge in [0.15, 0.2) is 6.10 Å². The van der Waals surface area contributed by atoms with Gasteiger partial charge in [-0.05, 0) is 116 Å². The van der Waals surface area contributed by atoms with Gasteiger partial charge in [0.05, 0.1) is 0 Å². The maximum Gasteiger partial charge on any atom is 0.306 e. The van der Waals surface area contributed by atoms with E-state index < -0.39 is 6.10 Å². The van der Waals surface area contributed by atoms with Crippen LogP contribution in [0.5, 0.6) is 0 Å². The summed E-state index contributed by atoms with van der Waals surface area (Å²) < 4.78 is 16.8. The van der Waals surface area contributed by atoms with Crippen LogP contribution in [0.2, 0.25) is 0 Å². The van der Waals surface area contributed by atoms with E-state index in [-0.39, 0.29) is 37.5 Å². The number of esters is 3. The molecule has 0 aliphatic rings. The number of carbonyl (C=O) groups is 3. The first kappa shape index (κ1) is 63.6. The molecular formula is C61H104O6. The lowest BCUT2D eigenvalue weighted by atomic mass is 10.1. The van der Waals surface area contributed by atoms with Gasteiger partial charge in [-0.1, -0.05) is 215 Å². The second-order valence-electron chi connectivity index (χ2n) is 18.5. The molecule has 0 bridgehead atoms. The minimum atomic E-state index is -0.807. The van der Waals surface area contributed by atoms with Crippen LogP contribution in [-0.2, 0) is 28.6 Å². The highest BCUT2D eigenvalue weighted by Gasteiger charge is 2.19. The van der Waals surface area contributed by atoms with Crippen LogP contribution in [0.4, 0.5) is 0 Å². The van der Waals surface area contributed by atoms with Crippen molar-refractivity contribution in [2.24, 2.45) is 0 Å². The molecule has 0 saturated carbocycles. The first-order chi connectivity index (χ1) is 33.0. The van der Waals surface area contributed by atoms with E-state index >= 15 is 0 Å². The molecule has 0 N–H and O–H groups in total. The van der Waals surface area contributed by atoms with Crippen molar-refractivity contribution in [2.45, 2.75) is 271 Å². The van der Waals surface area contributed by atoms with E-state index in [2.05, 4.69) is 106 Å². The fourth-order valence-electron chi connectivity index (χ4n) is 7.58. The normalized spacial score (nSPS) is 12.7. The number of carbonyl (C=O) groups excluding carboxylic acids is 3. The van der Waals surface area contributed by atoms with Crippen LogP contribution < -0.4 is 0 Å². The van der Waals surface area contributed by atoms with Gasteiger partial charge in [-0.15, -0.1) is 0 Å². The van der Waals surface area contributed by atoms with Crippen molar-refractivity contribution in [3.8, 4) is 0 Å². The Morgan fingerprint density at radius 2 is 0.552 bits per heavy atom. The Bertz CT molecular complexity index is 1300. The fourth-order valence-corrected chi connectivity index (χ4v) is 7.58. The minimum absolute atomic E-state index is 0.103. The number of hydrogen-bond acceptors (Lipinski definition) is 6. The van der Waals surface area contributed by atoms with E-state index in [9.17, 15) is 14.4 Å². The molecule has 0 aliphatic heterocycles. The monoisotopic (exact) mass is 933 g/mol. The third-order valence-corrected chi connectivity index (χ3v) is 11.8. The number of unbranched alkanes of at least 4 members (excludes halogenated alkanes) is 25. The molecule has 0 heterocycles. The lowest BCUT2D eigenvalue weighted by Crippen LogP contribution is -2.30. The third kappa shape index (κ3) is 53.4. The molecule has 0 saturated heterocycles. The van der Waals surface area contributed by atoms with E-state index in [1.165, 1.54) is 128 Å². The number of allylic oxidation sites excluding steroid dienone is 14. The zero-order valence-corrected chi connectivity index (χ0v) is 43.9. The standard InChI is InChI=1S/C61H104O6/c1-4-7-10-13-16-19-22-25-28-30-33-36-39-42-45-48-51-54-60(63)66-57-58(56-65-59(62)53-50-47-44-41-38-35-32-27-24-21-18-15-12-9-6-3)67-61(64)55-52-49-46-43-40-37-34-31-29-26-23-20-17-14-11-8-5-2/h16,18-19,21,25-29,32-33,36,42,45,58H,4-15,17,20,22-24,30-31,34-35,37-41,43-44,46-57H2,1-3H3/t58-/m1/s1. The highest BCUT2D eigenvalue weighted by Crippen LogP contribution is 2.14. The first-order valence-electron chi connectivity index (χ1n) is 28.1. The van der Waals surface area contributed by atoms with Crippen molar-refractivity contribution in [1.29, 1.82) is 0 Å².